The second-order valence-electron chi connectivity index (χ2n) is 5.66. The molecule has 1 rings (SSSR count). The summed E-state index contributed by atoms with van der Waals surface area (Å²) in [5.41, 5.74) is 22.8. The lowest BCUT2D eigenvalue weighted by molar-refractivity contribution is 0.0946. The number of carbonyl (C=O) groups excluding carboxylic acids is 2. The Morgan fingerprint density at radius 1 is 0.957 bits per heavy atom. The van der Waals surface area contributed by atoms with E-state index in [1.807, 2.05) is 0 Å². The number of ketones is 2. The topological polar surface area (TPSA) is 167 Å². The number of H-pyrrole nitrogens is 1. The second kappa shape index (κ2) is 10.2. The molecule has 23 heavy (non-hydrogen) atoms. The van der Waals surface area contributed by atoms with Crippen molar-refractivity contribution in [2.45, 2.75) is 50.6 Å². The Balaban J connectivity index is 2.58. The summed E-state index contributed by atoms with van der Waals surface area (Å²) >= 11 is 0. The van der Waals surface area contributed by atoms with Crippen molar-refractivity contribution in [3.05, 3.63) is 17.7 Å². The fourth-order valence-corrected chi connectivity index (χ4v) is 2.23. The van der Waals surface area contributed by atoms with Crippen LogP contribution in [-0.4, -0.2) is 46.7 Å². The monoisotopic (exact) mass is 324 g/mol. The Morgan fingerprint density at radius 3 is 2.00 bits per heavy atom. The predicted molar refractivity (Wildman–Crippen MR) is 89.0 cm³/mol. The van der Waals surface area contributed by atoms with Crippen LogP contribution in [0, 0.1) is 0 Å². The summed E-state index contributed by atoms with van der Waals surface area (Å²) in [4.78, 5) is 31.0. The molecule has 0 spiro atoms. The number of hydrogen-bond acceptors (Lipinski definition) is 7. The van der Waals surface area contributed by atoms with Crippen molar-refractivity contribution in [1.82, 2.24) is 9.97 Å². The Bertz CT molecular complexity index is 459. The van der Waals surface area contributed by atoms with Crippen LogP contribution in [0.2, 0.25) is 0 Å². The van der Waals surface area contributed by atoms with Gasteiger partial charge in [-0.15, -0.1) is 0 Å². The van der Waals surface area contributed by atoms with Gasteiger partial charge in [-0.05, 0) is 38.8 Å². The number of rotatable bonds is 12. The molecule has 1 aromatic rings. The molecule has 0 saturated carbocycles. The average molecular weight is 324 g/mol. The molecule has 130 valence electrons. The molecule has 1 heterocycles. The number of aromatic amines is 1. The van der Waals surface area contributed by atoms with E-state index in [-0.39, 0.29) is 23.1 Å². The number of nitrogens with one attached hydrogen (secondary N) is 1. The van der Waals surface area contributed by atoms with Crippen molar-refractivity contribution in [3.8, 4) is 0 Å². The molecule has 9 N–H and O–H groups in total. The normalized spacial score (nSPS) is 13.7. The molecule has 0 aromatic carbocycles. The number of aromatic nitrogens is 2. The van der Waals surface area contributed by atoms with Gasteiger partial charge in [0.25, 0.3) is 0 Å². The highest BCUT2D eigenvalue weighted by atomic mass is 16.1. The van der Waals surface area contributed by atoms with Crippen molar-refractivity contribution in [2.75, 3.05) is 13.1 Å². The third kappa shape index (κ3) is 6.19. The van der Waals surface area contributed by atoms with Crippen molar-refractivity contribution in [1.29, 1.82) is 0 Å². The zero-order valence-corrected chi connectivity index (χ0v) is 13.5. The van der Waals surface area contributed by atoms with E-state index in [1.54, 1.807) is 0 Å². The van der Waals surface area contributed by atoms with Crippen LogP contribution in [0.3, 0.4) is 0 Å². The summed E-state index contributed by atoms with van der Waals surface area (Å²) in [7, 11) is 0. The number of nitrogens with two attached hydrogens (primary N) is 4. The van der Waals surface area contributed by atoms with Crippen LogP contribution >= 0.6 is 0 Å². The van der Waals surface area contributed by atoms with Gasteiger partial charge in [-0.1, -0.05) is 12.8 Å². The number of imidazole rings is 1. The maximum Gasteiger partial charge on any atom is 0.214 e. The molecule has 0 amide bonds. The fourth-order valence-electron chi connectivity index (χ4n) is 2.23. The minimum absolute atomic E-state index is 0.0998. The highest BCUT2D eigenvalue weighted by molar-refractivity contribution is 6.01. The second-order valence-corrected chi connectivity index (χ2v) is 5.66. The van der Waals surface area contributed by atoms with E-state index in [9.17, 15) is 9.59 Å². The lowest BCUT2D eigenvalue weighted by Gasteiger charge is -2.09. The number of Topliss-reactive ketones (excluding diaryl/α,β-unsaturated/α-hetero) is 2. The molecule has 8 heteroatoms. The first-order valence-corrected chi connectivity index (χ1v) is 8.06. The van der Waals surface area contributed by atoms with Gasteiger partial charge in [0.1, 0.15) is 5.69 Å². The molecule has 0 aliphatic heterocycles. The van der Waals surface area contributed by atoms with Crippen molar-refractivity contribution in [2.24, 2.45) is 22.9 Å². The molecule has 0 aliphatic rings. The molecule has 2 atom stereocenters. The summed E-state index contributed by atoms with van der Waals surface area (Å²) in [6.45, 7) is 1.15. The molecule has 0 saturated heterocycles. The van der Waals surface area contributed by atoms with Gasteiger partial charge in [0.15, 0.2) is 11.6 Å². The summed E-state index contributed by atoms with van der Waals surface area (Å²) in [5, 5.41) is 0. The Labute approximate surface area is 136 Å². The van der Waals surface area contributed by atoms with Gasteiger partial charge in [-0.2, -0.15) is 0 Å². The molecule has 0 bridgehead atoms. The van der Waals surface area contributed by atoms with Gasteiger partial charge in [0.2, 0.25) is 5.78 Å². The van der Waals surface area contributed by atoms with E-state index in [1.165, 1.54) is 6.20 Å². The maximum atomic E-state index is 12.2. The highest BCUT2D eigenvalue weighted by Crippen LogP contribution is 2.09. The van der Waals surface area contributed by atoms with Crippen LogP contribution in [0.4, 0.5) is 0 Å². The first-order valence-electron chi connectivity index (χ1n) is 8.06. The Kier molecular flexibility index (Phi) is 8.64. The summed E-state index contributed by atoms with van der Waals surface area (Å²) < 4.78 is 0. The molecule has 8 nitrogen and oxygen atoms in total. The largest absolute Gasteiger partial charge is 0.333 e. The molecule has 0 radical (unpaired) electrons. The molecular formula is C15H28N6O2. The number of unbranched alkanes of at least 4 members (excludes halogenated alkanes) is 2. The maximum absolute atomic E-state index is 12.2. The van der Waals surface area contributed by atoms with Gasteiger partial charge in [0.05, 0.1) is 18.3 Å². The summed E-state index contributed by atoms with van der Waals surface area (Å²) in [6, 6.07) is -1.27. The van der Waals surface area contributed by atoms with E-state index in [2.05, 4.69) is 9.97 Å². The van der Waals surface area contributed by atoms with Crippen molar-refractivity contribution < 1.29 is 9.59 Å². The van der Waals surface area contributed by atoms with E-state index in [0.717, 1.165) is 25.7 Å². The van der Waals surface area contributed by atoms with Crippen LogP contribution in [0.15, 0.2) is 6.20 Å². The van der Waals surface area contributed by atoms with Gasteiger partial charge < -0.3 is 27.9 Å². The molecule has 0 aliphatic carbocycles. The lowest BCUT2D eigenvalue weighted by Crippen LogP contribution is -2.32. The number of carbonyl (C=O) groups is 2. The van der Waals surface area contributed by atoms with Crippen LogP contribution in [-0.2, 0) is 0 Å². The fraction of sp³-hybridized carbons (Fsp3) is 0.667. The van der Waals surface area contributed by atoms with Crippen LogP contribution in [0.5, 0.6) is 0 Å². The van der Waals surface area contributed by atoms with Gasteiger partial charge in [-0.3, -0.25) is 9.59 Å². The van der Waals surface area contributed by atoms with Gasteiger partial charge in [-0.25, -0.2) is 4.98 Å². The first-order chi connectivity index (χ1) is 11.0. The van der Waals surface area contributed by atoms with Gasteiger partial charge >= 0.3 is 0 Å². The molecule has 0 fully saturated rings. The third-order valence-electron chi connectivity index (χ3n) is 3.69. The average Bonchev–Trinajstić information content (AvgIpc) is 3.03. The van der Waals surface area contributed by atoms with E-state index >= 15 is 0 Å². The molecular weight excluding hydrogens is 296 g/mol. The zero-order chi connectivity index (χ0) is 17.2. The van der Waals surface area contributed by atoms with Gasteiger partial charge in [0, 0.05) is 0 Å². The van der Waals surface area contributed by atoms with Crippen molar-refractivity contribution in [3.63, 3.8) is 0 Å². The zero-order valence-electron chi connectivity index (χ0n) is 13.5. The summed E-state index contributed by atoms with van der Waals surface area (Å²) in [5.74, 6) is -0.467. The standard InChI is InChI=1S/C15H28N6O2/c16-7-3-1-5-10(18)13(22)12-9-20-15(21-12)14(23)11(19)6-2-4-8-17/h9-11H,1-8,16-19H2,(H,20,21)/t10-,11-/m0/s1. The van der Waals surface area contributed by atoms with E-state index < -0.39 is 12.1 Å². The SMILES string of the molecule is NCCCC[C@H](N)C(=O)c1cnc(C(=O)[C@@H](N)CCCCN)[nH]1. The smallest absolute Gasteiger partial charge is 0.214 e. The molecule has 0 unspecified atom stereocenters. The van der Waals surface area contributed by atoms with E-state index in [4.69, 9.17) is 22.9 Å². The Hall–Kier alpha value is -1.61. The quantitative estimate of drug-likeness (QED) is 0.259. The predicted octanol–water partition coefficient (Wildman–Crippen LogP) is -0.312. The minimum Gasteiger partial charge on any atom is -0.333 e. The third-order valence-corrected chi connectivity index (χ3v) is 3.69. The van der Waals surface area contributed by atoms with Crippen LogP contribution in [0.25, 0.3) is 0 Å². The first kappa shape index (κ1) is 19.4. The highest BCUT2D eigenvalue weighted by Gasteiger charge is 2.22. The molecule has 1 aromatic heterocycles. The van der Waals surface area contributed by atoms with Crippen LogP contribution < -0.4 is 22.9 Å². The minimum atomic E-state index is -0.645. The Morgan fingerprint density at radius 2 is 1.48 bits per heavy atom. The van der Waals surface area contributed by atoms with Crippen LogP contribution in [0.1, 0.15) is 59.6 Å². The summed E-state index contributed by atoms with van der Waals surface area (Å²) in [6.07, 6.45) is 5.64. The van der Waals surface area contributed by atoms with Crippen molar-refractivity contribution >= 4 is 11.6 Å². The number of hydrogen-bond donors (Lipinski definition) is 5. The lowest BCUT2D eigenvalue weighted by atomic mass is 10.0. The van der Waals surface area contributed by atoms with E-state index in [0.29, 0.717) is 25.9 Å². The number of nitrogens with zero attached hydrogens (tertiary/aromatic N) is 1.